The standard InChI is InChI=1S/C33H30Cl4O4/c1-17-10-21(14-25(35)29(17)39)32(20-4-5-28(38)24(34)13-20)6-8-33(9-7-32,22-11-18(2)30(40)26(36)15-22)23-12-19(3)31(41)27(37)16-23/h4-5,10-16,38-41H,6-9H2,1-3H3. The molecule has 0 radical (unpaired) electrons. The molecular formula is C33H30Cl4O4. The molecule has 1 aliphatic carbocycles. The topological polar surface area (TPSA) is 80.9 Å². The molecule has 214 valence electrons. The van der Waals surface area contributed by atoms with Crippen LogP contribution < -0.4 is 0 Å². The van der Waals surface area contributed by atoms with Crippen LogP contribution in [0.3, 0.4) is 0 Å². The summed E-state index contributed by atoms with van der Waals surface area (Å²) in [5, 5.41) is 42.6. The van der Waals surface area contributed by atoms with Crippen LogP contribution in [0.25, 0.3) is 0 Å². The molecule has 0 atom stereocenters. The van der Waals surface area contributed by atoms with Gasteiger partial charge in [-0.15, -0.1) is 0 Å². The Morgan fingerprint density at radius 2 is 0.780 bits per heavy atom. The average Bonchev–Trinajstić information content (AvgIpc) is 2.94. The summed E-state index contributed by atoms with van der Waals surface area (Å²) in [5.74, 6) is 0.133. The van der Waals surface area contributed by atoms with Gasteiger partial charge in [-0.25, -0.2) is 0 Å². The molecule has 0 spiro atoms. The number of aryl methyl sites for hydroxylation is 3. The maximum atomic E-state index is 10.5. The molecule has 5 rings (SSSR count). The maximum absolute atomic E-state index is 10.5. The van der Waals surface area contributed by atoms with E-state index >= 15 is 0 Å². The van der Waals surface area contributed by atoms with Crippen LogP contribution in [0.1, 0.15) is 64.6 Å². The number of hydrogen-bond donors (Lipinski definition) is 4. The minimum Gasteiger partial charge on any atom is -0.506 e. The minimum atomic E-state index is -0.551. The van der Waals surface area contributed by atoms with Crippen LogP contribution in [0.2, 0.25) is 20.1 Å². The Kier molecular flexibility index (Phi) is 7.84. The van der Waals surface area contributed by atoms with Gasteiger partial charge in [-0.1, -0.05) is 70.7 Å². The summed E-state index contributed by atoms with van der Waals surface area (Å²) in [4.78, 5) is 0. The lowest BCUT2D eigenvalue weighted by atomic mass is 9.55. The second kappa shape index (κ2) is 10.8. The number of aromatic hydroxyl groups is 4. The lowest BCUT2D eigenvalue weighted by Gasteiger charge is -2.48. The molecule has 1 saturated carbocycles. The summed E-state index contributed by atoms with van der Waals surface area (Å²) in [7, 11) is 0. The smallest absolute Gasteiger partial charge is 0.137 e. The van der Waals surface area contributed by atoms with Crippen molar-refractivity contribution in [3.8, 4) is 23.0 Å². The molecule has 4 nitrogen and oxygen atoms in total. The Labute approximate surface area is 259 Å². The minimum absolute atomic E-state index is 0.000868. The highest BCUT2D eigenvalue weighted by Crippen LogP contribution is 2.56. The first-order valence-electron chi connectivity index (χ1n) is 13.3. The Morgan fingerprint density at radius 3 is 1.10 bits per heavy atom. The number of phenols is 4. The van der Waals surface area contributed by atoms with Gasteiger partial charge in [-0.3, -0.25) is 0 Å². The summed E-state index contributed by atoms with van der Waals surface area (Å²) in [6, 6.07) is 16.6. The van der Waals surface area contributed by atoms with Crippen molar-refractivity contribution in [2.24, 2.45) is 0 Å². The highest BCUT2D eigenvalue weighted by atomic mass is 35.5. The predicted octanol–water partition coefficient (Wildman–Crippen LogP) is 9.89. The van der Waals surface area contributed by atoms with Crippen molar-refractivity contribution in [3.05, 3.63) is 114 Å². The third-order valence-corrected chi connectivity index (χ3v) is 10.0. The quantitative estimate of drug-likeness (QED) is 0.181. The molecule has 41 heavy (non-hydrogen) atoms. The van der Waals surface area contributed by atoms with Crippen LogP contribution >= 0.6 is 46.4 Å². The number of benzene rings is 4. The molecule has 4 aromatic rings. The monoisotopic (exact) mass is 630 g/mol. The molecule has 0 heterocycles. The summed E-state index contributed by atoms with van der Waals surface area (Å²) in [5.41, 5.74) is 4.64. The number of phenolic OH excluding ortho intramolecular Hbond substituents is 4. The molecule has 0 bridgehead atoms. The van der Waals surface area contributed by atoms with E-state index in [0.717, 1.165) is 22.3 Å². The fraction of sp³-hybridized carbons (Fsp3) is 0.273. The highest BCUT2D eigenvalue weighted by Gasteiger charge is 2.47. The van der Waals surface area contributed by atoms with E-state index in [1.807, 2.05) is 57.2 Å². The molecule has 0 unspecified atom stereocenters. The van der Waals surface area contributed by atoms with Crippen LogP contribution in [0.15, 0.2) is 54.6 Å². The van der Waals surface area contributed by atoms with E-state index < -0.39 is 10.8 Å². The summed E-state index contributed by atoms with van der Waals surface area (Å²) >= 11 is 25.9. The summed E-state index contributed by atoms with van der Waals surface area (Å²) < 4.78 is 0. The normalized spacial score (nSPS) is 16.1. The van der Waals surface area contributed by atoms with Crippen LogP contribution in [-0.2, 0) is 10.8 Å². The second-order valence-electron chi connectivity index (χ2n) is 11.2. The fourth-order valence-electron chi connectivity index (χ4n) is 6.43. The lowest BCUT2D eigenvalue weighted by molar-refractivity contribution is 0.256. The first kappa shape index (κ1) is 29.7. The van der Waals surface area contributed by atoms with Gasteiger partial charge < -0.3 is 20.4 Å². The fourth-order valence-corrected chi connectivity index (χ4v) is 7.41. The van der Waals surface area contributed by atoms with E-state index in [0.29, 0.717) is 42.4 Å². The Hall–Kier alpha value is -2.76. The van der Waals surface area contributed by atoms with Crippen molar-refractivity contribution < 1.29 is 20.4 Å². The Bertz CT molecular complexity index is 1540. The van der Waals surface area contributed by atoms with Gasteiger partial charge in [0.15, 0.2) is 0 Å². The van der Waals surface area contributed by atoms with Crippen molar-refractivity contribution >= 4 is 46.4 Å². The van der Waals surface area contributed by atoms with Crippen molar-refractivity contribution in [2.75, 3.05) is 0 Å². The van der Waals surface area contributed by atoms with Crippen LogP contribution in [-0.4, -0.2) is 20.4 Å². The van der Waals surface area contributed by atoms with E-state index in [1.54, 1.807) is 18.2 Å². The van der Waals surface area contributed by atoms with E-state index in [2.05, 4.69) is 0 Å². The molecule has 1 aliphatic rings. The zero-order chi connectivity index (χ0) is 29.9. The van der Waals surface area contributed by atoms with E-state index in [9.17, 15) is 20.4 Å². The van der Waals surface area contributed by atoms with E-state index in [-0.39, 0.29) is 43.1 Å². The Balaban J connectivity index is 1.73. The molecular weight excluding hydrogens is 602 g/mol. The summed E-state index contributed by atoms with van der Waals surface area (Å²) in [6.07, 6.45) is 2.57. The lowest BCUT2D eigenvalue weighted by Crippen LogP contribution is -2.41. The number of hydrogen-bond acceptors (Lipinski definition) is 4. The predicted molar refractivity (Wildman–Crippen MR) is 167 cm³/mol. The van der Waals surface area contributed by atoms with Gasteiger partial charge in [-0.05, 0) is 116 Å². The average molecular weight is 632 g/mol. The maximum Gasteiger partial charge on any atom is 0.137 e. The zero-order valence-corrected chi connectivity index (χ0v) is 25.8. The van der Waals surface area contributed by atoms with E-state index in [1.165, 1.54) is 0 Å². The van der Waals surface area contributed by atoms with Crippen molar-refractivity contribution in [1.82, 2.24) is 0 Å². The molecule has 0 saturated heterocycles. The van der Waals surface area contributed by atoms with Gasteiger partial charge in [0.05, 0.1) is 20.1 Å². The SMILES string of the molecule is Cc1cc(C2(c3ccc(O)c(Cl)c3)CCC(c3cc(C)c(O)c(Cl)c3)(c3cc(C)c(O)c(Cl)c3)CC2)cc(Cl)c1O. The van der Waals surface area contributed by atoms with Gasteiger partial charge in [-0.2, -0.15) is 0 Å². The van der Waals surface area contributed by atoms with Crippen molar-refractivity contribution in [1.29, 1.82) is 0 Å². The molecule has 0 amide bonds. The van der Waals surface area contributed by atoms with Crippen molar-refractivity contribution in [3.63, 3.8) is 0 Å². The van der Waals surface area contributed by atoms with Crippen molar-refractivity contribution in [2.45, 2.75) is 57.3 Å². The molecule has 0 aromatic heterocycles. The third kappa shape index (κ3) is 4.99. The second-order valence-corrected chi connectivity index (χ2v) is 12.8. The molecule has 4 aromatic carbocycles. The van der Waals surface area contributed by atoms with E-state index in [4.69, 9.17) is 46.4 Å². The molecule has 4 N–H and O–H groups in total. The first-order chi connectivity index (χ1) is 19.3. The summed E-state index contributed by atoms with van der Waals surface area (Å²) in [6.45, 7) is 5.46. The van der Waals surface area contributed by atoms with Gasteiger partial charge in [0.2, 0.25) is 0 Å². The number of rotatable bonds is 4. The molecule has 0 aliphatic heterocycles. The van der Waals surface area contributed by atoms with Crippen LogP contribution in [0, 0.1) is 20.8 Å². The molecule has 1 fully saturated rings. The Morgan fingerprint density at radius 1 is 0.463 bits per heavy atom. The largest absolute Gasteiger partial charge is 0.506 e. The van der Waals surface area contributed by atoms with Crippen LogP contribution in [0.4, 0.5) is 0 Å². The first-order valence-corrected chi connectivity index (χ1v) is 14.8. The van der Waals surface area contributed by atoms with Gasteiger partial charge in [0, 0.05) is 10.8 Å². The zero-order valence-electron chi connectivity index (χ0n) is 22.8. The van der Waals surface area contributed by atoms with Gasteiger partial charge >= 0.3 is 0 Å². The van der Waals surface area contributed by atoms with Crippen LogP contribution in [0.5, 0.6) is 23.0 Å². The van der Waals surface area contributed by atoms with Gasteiger partial charge in [0.25, 0.3) is 0 Å². The highest BCUT2D eigenvalue weighted by molar-refractivity contribution is 6.33. The third-order valence-electron chi connectivity index (χ3n) is 8.88. The van der Waals surface area contributed by atoms with Gasteiger partial charge in [0.1, 0.15) is 23.0 Å². The number of halogens is 4. The molecule has 8 heteroatoms.